The Morgan fingerprint density at radius 1 is 0.364 bits per heavy atom. The molecule has 2 aliphatic rings. The summed E-state index contributed by atoms with van der Waals surface area (Å²) in [5, 5.41) is 2.54. The highest BCUT2D eigenvalue weighted by Crippen LogP contribution is 2.63. The van der Waals surface area contributed by atoms with Crippen LogP contribution in [0.25, 0.3) is 64.7 Å². The normalized spacial score (nSPS) is 13.8. The molecule has 10 aromatic carbocycles. The summed E-state index contributed by atoms with van der Waals surface area (Å²) >= 11 is 1.91. The summed E-state index contributed by atoms with van der Waals surface area (Å²) in [5.74, 6) is 0. The Morgan fingerprint density at radius 3 is 1.55 bits per heavy atom. The first kappa shape index (κ1) is 38.7. The molecule has 13 rings (SSSR count). The van der Waals surface area contributed by atoms with Crippen LogP contribution in [0.4, 0.5) is 17.1 Å². The Balaban J connectivity index is 1.18. The van der Waals surface area contributed by atoms with E-state index in [4.69, 9.17) is 0 Å². The molecule has 1 heterocycles. The molecule has 2 heteroatoms. The van der Waals surface area contributed by atoms with Crippen LogP contribution < -0.4 is 4.90 Å². The average molecular weight is 860 g/mol. The number of rotatable bonds is 7. The number of hydrogen-bond donors (Lipinski definition) is 0. The summed E-state index contributed by atoms with van der Waals surface area (Å²) in [6.45, 7) is 4.78. The lowest BCUT2D eigenvalue weighted by atomic mass is 9.67. The topological polar surface area (TPSA) is 3.24 Å². The number of hydrogen-bond acceptors (Lipinski definition) is 2. The van der Waals surface area contributed by atoms with E-state index in [1.807, 2.05) is 11.3 Å². The van der Waals surface area contributed by atoms with E-state index in [1.165, 1.54) is 104 Å². The van der Waals surface area contributed by atoms with Crippen molar-refractivity contribution < 1.29 is 0 Å². The van der Waals surface area contributed by atoms with Gasteiger partial charge < -0.3 is 4.90 Å². The smallest absolute Gasteiger partial charge is 0.0714 e. The standard InChI is InChI=1S/C64H45NS/c1-63(2)54-29-17-15-27-50(54)51-38-36-49(40-56(51)63)65(48-34-31-44(32-35-48)42-19-7-3-8-20-42)62-60-52-28-16-18-30-55(52)64(46-23-11-5-12-24-46,47-25-13-6-14-26-47)57(60)41-59-61(62)53-37-33-45(39-58(53)66-59)43-21-9-4-10-22-43/h3-41H,1-2H3. The summed E-state index contributed by atoms with van der Waals surface area (Å²) in [6, 6.07) is 88.3. The molecule has 0 amide bonds. The lowest BCUT2D eigenvalue weighted by Crippen LogP contribution is -2.28. The molecule has 66 heavy (non-hydrogen) atoms. The first-order valence-corrected chi connectivity index (χ1v) is 23.8. The van der Waals surface area contributed by atoms with E-state index in [0.29, 0.717) is 0 Å². The van der Waals surface area contributed by atoms with E-state index in [-0.39, 0.29) is 5.41 Å². The van der Waals surface area contributed by atoms with Crippen molar-refractivity contribution in [2.75, 3.05) is 4.90 Å². The molecule has 312 valence electrons. The second-order valence-corrected chi connectivity index (χ2v) is 19.5. The van der Waals surface area contributed by atoms with Crippen molar-refractivity contribution in [2.45, 2.75) is 24.7 Å². The maximum Gasteiger partial charge on any atom is 0.0714 e. The van der Waals surface area contributed by atoms with Gasteiger partial charge in [-0.3, -0.25) is 0 Å². The third-order valence-corrected chi connectivity index (χ3v) is 15.6. The first-order valence-electron chi connectivity index (χ1n) is 23.0. The molecule has 1 nitrogen and oxygen atoms in total. The minimum Gasteiger partial charge on any atom is -0.309 e. The van der Waals surface area contributed by atoms with Crippen LogP contribution in [0.5, 0.6) is 0 Å². The number of thiophene rings is 1. The summed E-state index contributed by atoms with van der Waals surface area (Å²) in [4.78, 5) is 2.61. The number of anilines is 3. The monoisotopic (exact) mass is 859 g/mol. The summed E-state index contributed by atoms with van der Waals surface area (Å²) in [5.41, 5.74) is 20.6. The summed E-state index contributed by atoms with van der Waals surface area (Å²) in [6.07, 6.45) is 0. The molecule has 0 unspecified atom stereocenters. The Hall–Kier alpha value is -7.78. The van der Waals surface area contributed by atoms with Crippen LogP contribution in [-0.4, -0.2) is 0 Å². The van der Waals surface area contributed by atoms with Gasteiger partial charge in [0.25, 0.3) is 0 Å². The maximum absolute atomic E-state index is 2.61. The summed E-state index contributed by atoms with van der Waals surface area (Å²) < 4.78 is 2.55. The Kier molecular flexibility index (Phi) is 8.72. The van der Waals surface area contributed by atoms with E-state index in [2.05, 4.69) is 255 Å². The quantitative estimate of drug-likeness (QED) is 0.154. The van der Waals surface area contributed by atoms with Gasteiger partial charge in [-0.1, -0.05) is 214 Å². The highest BCUT2D eigenvalue weighted by atomic mass is 32.1. The molecule has 0 radical (unpaired) electrons. The predicted molar refractivity (Wildman–Crippen MR) is 280 cm³/mol. The van der Waals surface area contributed by atoms with Crippen molar-refractivity contribution in [1.82, 2.24) is 0 Å². The second-order valence-electron chi connectivity index (χ2n) is 18.4. The SMILES string of the molecule is CC1(C)c2ccccc2-c2ccc(N(c3ccc(-c4ccccc4)cc3)c3c4c(cc5sc6cc(-c7ccccc7)ccc6c35)C(c3ccccc3)(c3ccccc3)c3ccccc3-4)cc21. The second kappa shape index (κ2) is 14.9. The highest BCUT2D eigenvalue weighted by molar-refractivity contribution is 7.26. The predicted octanol–water partition coefficient (Wildman–Crippen LogP) is 17.5. The zero-order chi connectivity index (χ0) is 44.0. The molecule has 0 atom stereocenters. The molecule has 11 aromatic rings. The van der Waals surface area contributed by atoms with Gasteiger partial charge in [0.2, 0.25) is 0 Å². The zero-order valence-corrected chi connectivity index (χ0v) is 37.7. The Morgan fingerprint density at radius 2 is 0.879 bits per heavy atom. The molecular formula is C64H45NS. The van der Waals surface area contributed by atoms with E-state index in [1.54, 1.807) is 0 Å². The van der Waals surface area contributed by atoms with Crippen molar-refractivity contribution in [3.05, 3.63) is 270 Å². The van der Waals surface area contributed by atoms with Gasteiger partial charge in [0, 0.05) is 42.5 Å². The molecule has 0 saturated heterocycles. The fourth-order valence-electron chi connectivity index (χ4n) is 11.5. The van der Waals surface area contributed by atoms with Crippen LogP contribution in [0.15, 0.2) is 237 Å². The van der Waals surface area contributed by atoms with E-state index in [0.717, 1.165) is 11.4 Å². The van der Waals surface area contributed by atoms with Crippen LogP contribution >= 0.6 is 11.3 Å². The van der Waals surface area contributed by atoms with Crippen LogP contribution in [0.3, 0.4) is 0 Å². The Labute approximate surface area is 390 Å². The van der Waals surface area contributed by atoms with E-state index >= 15 is 0 Å². The van der Waals surface area contributed by atoms with Gasteiger partial charge in [-0.2, -0.15) is 0 Å². The van der Waals surface area contributed by atoms with Crippen LogP contribution in [-0.2, 0) is 10.8 Å². The fraction of sp³-hybridized carbons (Fsp3) is 0.0625. The molecule has 0 saturated carbocycles. The minimum absolute atomic E-state index is 0.177. The molecule has 0 aliphatic heterocycles. The third-order valence-electron chi connectivity index (χ3n) is 14.5. The fourth-order valence-corrected chi connectivity index (χ4v) is 12.7. The molecule has 0 spiro atoms. The average Bonchev–Trinajstić information content (AvgIpc) is 3.98. The van der Waals surface area contributed by atoms with Gasteiger partial charge in [0.05, 0.1) is 11.1 Å². The minimum atomic E-state index is -0.576. The van der Waals surface area contributed by atoms with E-state index < -0.39 is 5.41 Å². The zero-order valence-electron chi connectivity index (χ0n) is 36.9. The van der Waals surface area contributed by atoms with Gasteiger partial charge in [0.1, 0.15) is 0 Å². The molecule has 1 aromatic heterocycles. The maximum atomic E-state index is 2.61. The van der Waals surface area contributed by atoms with Gasteiger partial charge >= 0.3 is 0 Å². The van der Waals surface area contributed by atoms with Gasteiger partial charge in [-0.25, -0.2) is 0 Å². The van der Waals surface area contributed by atoms with Gasteiger partial charge in [-0.05, 0) is 109 Å². The lowest BCUT2D eigenvalue weighted by molar-refractivity contribution is 0.660. The first-order chi connectivity index (χ1) is 32.5. The highest BCUT2D eigenvalue weighted by Gasteiger charge is 2.48. The molecule has 0 N–H and O–H groups in total. The molecule has 2 aliphatic carbocycles. The van der Waals surface area contributed by atoms with Crippen molar-refractivity contribution in [3.8, 4) is 44.5 Å². The van der Waals surface area contributed by atoms with Crippen molar-refractivity contribution in [1.29, 1.82) is 0 Å². The van der Waals surface area contributed by atoms with Crippen LogP contribution in [0.2, 0.25) is 0 Å². The number of fused-ring (bicyclic) bond motifs is 9. The number of benzene rings is 10. The lowest BCUT2D eigenvalue weighted by Gasteiger charge is -2.35. The summed E-state index contributed by atoms with van der Waals surface area (Å²) in [7, 11) is 0. The van der Waals surface area contributed by atoms with Gasteiger partial charge in [0.15, 0.2) is 0 Å². The molecule has 0 bridgehead atoms. The Bertz CT molecular complexity index is 3600. The van der Waals surface area contributed by atoms with Crippen LogP contribution in [0.1, 0.15) is 47.2 Å². The van der Waals surface area contributed by atoms with Crippen LogP contribution in [0, 0.1) is 0 Å². The third kappa shape index (κ3) is 5.65. The molecular weight excluding hydrogens is 815 g/mol. The largest absolute Gasteiger partial charge is 0.309 e. The van der Waals surface area contributed by atoms with Crippen molar-refractivity contribution in [3.63, 3.8) is 0 Å². The van der Waals surface area contributed by atoms with E-state index in [9.17, 15) is 0 Å². The van der Waals surface area contributed by atoms with Gasteiger partial charge in [-0.15, -0.1) is 11.3 Å². The van der Waals surface area contributed by atoms with Crippen molar-refractivity contribution >= 4 is 48.6 Å². The molecule has 0 fully saturated rings. The van der Waals surface area contributed by atoms with Crippen molar-refractivity contribution in [2.24, 2.45) is 0 Å². The number of nitrogens with zero attached hydrogens (tertiary/aromatic N) is 1.